The molecule has 4 rings (SSSR count). The monoisotopic (exact) mass is 426 g/mol. The molecule has 0 saturated heterocycles. The number of aromatic nitrogens is 2. The lowest BCUT2D eigenvalue weighted by atomic mass is 10.1. The van der Waals surface area contributed by atoms with Crippen LogP contribution >= 0.6 is 34.3 Å². The molecule has 138 valence electrons. The van der Waals surface area contributed by atoms with E-state index >= 15 is 0 Å². The maximum absolute atomic E-state index is 12.4. The number of fused-ring (bicyclic) bond motifs is 1. The number of hydrogen-bond acceptors (Lipinski definition) is 6. The van der Waals surface area contributed by atoms with Crippen LogP contribution in [0.3, 0.4) is 0 Å². The van der Waals surface area contributed by atoms with E-state index in [-0.39, 0.29) is 17.3 Å². The van der Waals surface area contributed by atoms with E-state index < -0.39 is 0 Å². The third-order valence-corrected chi connectivity index (χ3v) is 6.14. The molecule has 0 spiro atoms. The number of carbonyl (C=O) groups is 1. The van der Waals surface area contributed by atoms with Gasteiger partial charge in [-0.1, -0.05) is 46.4 Å². The van der Waals surface area contributed by atoms with Crippen LogP contribution in [0.2, 0.25) is 5.02 Å². The summed E-state index contributed by atoms with van der Waals surface area (Å²) in [6.07, 6.45) is 1.66. The zero-order valence-corrected chi connectivity index (χ0v) is 16.6. The molecule has 0 radical (unpaired) electrons. The Kier molecular flexibility index (Phi) is 4.96. The van der Waals surface area contributed by atoms with Crippen LogP contribution in [0.1, 0.15) is 5.56 Å². The van der Waals surface area contributed by atoms with Gasteiger partial charge in [-0.2, -0.15) is 5.26 Å². The number of nitriles is 1. The Hall–Kier alpha value is -2.99. The Labute approximate surface area is 172 Å². The van der Waals surface area contributed by atoms with Crippen molar-refractivity contribution in [2.24, 2.45) is 0 Å². The fourth-order valence-electron chi connectivity index (χ4n) is 2.66. The third-order valence-electron chi connectivity index (χ3n) is 3.98. The van der Waals surface area contributed by atoms with Gasteiger partial charge in [-0.25, -0.2) is 4.98 Å². The molecule has 2 aromatic heterocycles. The number of nitrogens with one attached hydrogen (secondary N) is 1. The molecular weight excluding hydrogens is 416 g/mol. The molecule has 28 heavy (non-hydrogen) atoms. The SMILES string of the molecule is N#Cc1ccc(-c2cnc(NC(=O)Cn3c(=O)sc4ccc(Cl)cc43)s2)cc1. The normalized spacial score (nSPS) is 10.7. The van der Waals surface area contributed by atoms with Crippen molar-refractivity contribution in [1.29, 1.82) is 5.26 Å². The summed E-state index contributed by atoms with van der Waals surface area (Å²) in [6, 6.07) is 14.3. The van der Waals surface area contributed by atoms with Crippen LogP contribution in [-0.4, -0.2) is 15.5 Å². The fourth-order valence-corrected chi connectivity index (χ4v) is 4.54. The number of carbonyl (C=O) groups excluding carboxylic acids is 1. The summed E-state index contributed by atoms with van der Waals surface area (Å²) in [7, 11) is 0. The first-order valence-electron chi connectivity index (χ1n) is 8.08. The summed E-state index contributed by atoms with van der Waals surface area (Å²) in [6.45, 7) is -0.120. The Morgan fingerprint density at radius 3 is 2.75 bits per heavy atom. The molecule has 9 heteroatoms. The summed E-state index contributed by atoms with van der Waals surface area (Å²) in [5.74, 6) is -0.345. The van der Waals surface area contributed by atoms with Gasteiger partial charge >= 0.3 is 4.87 Å². The maximum Gasteiger partial charge on any atom is 0.308 e. The van der Waals surface area contributed by atoms with E-state index in [9.17, 15) is 9.59 Å². The second-order valence-electron chi connectivity index (χ2n) is 5.83. The number of hydrogen-bond donors (Lipinski definition) is 1. The molecule has 0 aliphatic rings. The molecule has 0 unspecified atom stereocenters. The summed E-state index contributed by atoms with van der Waals surface area (Å²) in [4.78, 5) is 29.5. The minimum atomic E-state index is -0.345. The number of nitrogens with zero attached hydrogens (tertiary/aromatic N) is 3. The minimum absolute atomic E-state index is 0.120. The largest absolute Gasteiger partial charge is 0.308 e. The Morgan fingerprint density at radius 2 is 2.00 bits per heavy atom. The topological polar surface area (TPSA) is 87.8 Å². The molecule has 1 amide bonds. The van der Waals surface area contributed by atoms with Crippen LogP contribution in [0.5, 0.6) is 0 Å². The molecule has 2 aromatic carbocycles. The zero-order chi connectivity index (χ0) is 19.7. The van der Waals surface area contributed by atoms with E-state index in [0.29, 0.717) is 21.2 Å². The van der Waals surface area contributed by atoms with Gasteiger partial charge in [0.1, 0.15) is 6.54 Å². The second kappa shape index (κ2) is 7.56. The van der Waals surface area contributed by atoms with Crippen LogP contribution in [0.25, 0.3) is 20.7 Å². The van der Waals surface area contributed by atoms with Crippen molar-refractivity contribution >= 4 is 55.5 Å². The predicted octanol–water partition coefficient (Wildman–Crippen LogP) is 4.35. The van der Waals surface area contributed by atoms with Gasteiger partial charge in [0, 0.05) is 11.2 Å². The molecule has 1 N–H and O–H groups in total. The quantitative estimate of drug-likeness (QED) is 0.525. The maximum atomic E-state index is 12.4. The average molecular weight is 427 g/mol. The van der Waals surface area contributed by atoms with Crippen molar-refractivity contribution < 1.29 is 4.79 Å². The van der Waals surface area contributed by atoms with Crippen molar-refractivity contribution in [3.8, 4) is 16.5 Å². The fraction of sp³-hybridized carbons (Fsp3) is 0.0526. The van der Waals surface area contributed by atoms with E-state index in [1.807, 2.05) is 12.1 Å². The van der Waals surface area contributed by atoms with Crippen LogP contribution in [0.4, 0.5) is 5.13 Å². The van der Waals surface area contributed by atoms with Gasteiger partial charge in [0.2, 0.25) is 5.91 Å². The van der Waals surface area contributed by atoms with Crippen molar-refractivity contribution in [2.75, 3.05) is 5.32 Å². The molecule has 2 heterocycles. The van der Waals surface area contributed by atoms with Gasteiger partial charge in [0.05, 0.1) is 26.7 Å². The number of thiazole rings is 2. The molecule has 0 saturated carbocycles. The van der Waals surface area contributed by atoms with Crippen LogP contribution in [-0.2, 0) is 11.3 Å². The molecule has 0 aliphatic carbocycles. The van der Waals surface area contributed by atoms with E-state index in [4.69, 9.17) is 16.9 Å². The van der Waals surface area contributed by atoms with Gasteiger partial charge in [-0.05, 0) is 35.9 Å². The predicted molar refractivity (Wildman–Crippen MR) is 112 cm³/mol. The number of amides is 1. The molecule has 0 atom stereocenters. The van der Waals surface area contributed by atoms with Gasteiger partial charge in [0.25, 0.3) is 0 Å². The average Bonchev–Trinajstić information content (AvgIpc) is 3.27. The number of halogens is 1. The molecule has 0 fully saturated rings. The summed E-state index contributed by atoms with van der Waals surface area (Å²) < 4.78 is 2.18. The first-order chi connectivity index (χ1) is 13.5. The Morgan fingerprint density at radius 1 is 1.21 bits per heavy atom. The van der Waals surface area contributed by atoms with Gasteiger partial charge in [-0.15, -0.1) is 0 Å². The highest BCUT2D eigenvalue weighted by Gasteiger charge is 2.13. The molecule has 4 aromatic rings. The highest BCUT2D eigenvalue weighted by Crippen LogP contribution is 2.29. The van der Waals surface area contributed by atoms with Gasteiger partial charge in [0.15, 0.2) is 5.13 Å². The molecule has 0 aliphatic heterocycles. The summed E-state index contributed by atoms with van der Waals surface area (Å²) >= 11 is 8.40. The molecular formula is C19H11ClN4O2S2. The van der Waals surface area contributed by atoms with Crippen molar-refractivity contribution in [3.63, 3.8) is 0 Å². The van der Waals surface area contributed by atoms with Gasteiger partial charge in [-0.3, -0.25) is 14.2 Å². The Bertz CT molecular complexity index is 1280. The van der Waals surface area contributed by atoms with Crippen LogP contribution in [0.15, 0.2) is 53.5 Å². The number of benzene rings is 2. The lowest BCUT2D eigenvalue weighted by Gasteiger charge is -2.04. The number of anilines is 1. The lowest BCUT2D eigenvalue weighted by molar-refractivity contribution is -0.116. The standard InChI is InChI=1S/C19H11ClN4O2S2/c20-13-5-6-15-14(7-13)24(19(26)28-15)10-17(25)23-18-22-9-16(27-18)12-3-1-11(8-21)2-4-12/h1-7,9H,10H2,(H,22,23,25). The first-order valence-corrected chi connectivity index (χ1v) is 10.1. The highest BCUT2D eigenvalue weighted by molar-refractivity contribution is 7.19. The third kappa shape index (κ3) is 3.68. The van der Waals surface area contributed by atoms with Crippen molar-refractivity contribution in [2.45, 2.75) is 6.54 Å². The van der Waals surface area contributed by atoms with E-state index in [0.717, 1.165) is 26.5 Å². The minimum Gasteiger partial charge on any atom is -0.300 e. The molecule has 6 nitrogen and oxygen atoms in total. The Balaban J connectivity index is 1.51. The lowest BCUT2D eigenvalue weighted by Crippen LogP contribution is -2.24. The van der Waals surface area contributed by atoms with E-state index in [2.05, 4.69) is 16.4 Å². The summed E-state index contributed by atoms with van der Waals surface area (Å²) in [5.41, 5.74) is 2.12. The molecule has 0 bridgehead atoms. The van der Waals surface area contributed by atoms with E-state index in [1.165, 1.54) is 15.9 Å². The highest BCUT2D eigenvalue weighted by atomic mass is 35.5. The second-order valence-corrected chi connectivity index (χ2v) is 8.29. The van der Waals surface area contributed by atoms with Gasteiger partial charge < -0.3 is 5.32 Å². The number of rotatable bonds is 4. The van der Waals surface area contributed by atoms with E-state index in [1.54, 1.807) is 36.5 Å². The first kappa shape index (κ1) is 18.4. The smallest absolute Gasteiger partial charge is 0.300 e. The zero-order valence-electron chi connectivity index (χ0n) is 14.2. The summed E-state index contributed by atoms with van der Waals surface area (Å²) in [5, 5.41) is 12.5. The van der Waals surface area contributed by atoms with Crippen molar-refractivity contribution in [3.05, 3.63) is 68.9 Å². The van der Waals surface area contributed by atoms with Crippen LogP contribution < -0.4 is 10.2 Å². The van der Waals surface area contributed by atoms with Crippen molar-refractivity contribution in [1.82, 2.24) is 9.55 Å². The van der Waals surface area contributed by atoms with Crippen LogP contribution in [0, 0.1) is 11.3 Å².